The van der Waals surface area contributed by atoms with E-state index in [1.807, 2.05) is 0 Å². The van der Waals surface area contributed by atoms with Crippen LogP contribution in [0.5, 0.6) is 0 Å². The number of nitrogens with one attached hydrogen (secondary N) is 1. The lowest BCUT2D eigenvalue weighted by molar-refractivity contribution is -0.153. The molecule has 1 aliphatic rings. The van der Waals surface area contributed by atoms with Gasteiger partial charge in [0.15, 0.2) is 0 Å². The van der Waals surface area contributed by atoms with Gasteiger partial charge >= 0.3 is 11.9 Å². The molecule has 0 aromatic heterocycles. The maximum absolute atomic E-state index is 11.1. The topological polar surface area (TPSA) is 73.9 Å². The molecule has 2 unspecified atom stereocenters. The minimum atomic E-state index is -0.421. The smallest absolute Gasteiger partial charge is 0.332 e. The number of methoxy groups -OCH3 is 2. The Balaban J connectivity index is 0.00000225. The highest BCUT2D eigenvalue weighted by molar-refractivity contribution is 5.85. The lowest BCUT2D eigenvalue weighted by Gasteiger charge is -2.10. The Kier molecular flexibility index (Phi) is 7.03. The molecule has 0 amide bonds. The van der Waals surface area contributed by atoms with E-state index in [4.69, 9.17) is 4.74 Å². The van der Waals surface area contributed by atoms with Crippen molar-refractivity contribution >= 4 is 24.3 Å². The summed E-state index contributed by atoms with van der Waals surface area (Å²) in [7, 11) is 2.75. The van der Waals surface area contributed by atoms with Crippen LogP contribution in [0.1, 0.15) is 6.42 Å². The second-order valence-electron chi connectivity index (χ2n) is 3.26. The van der Waals surface area contributed by atoms with Crippen LogP contribution in [-0.4, -0.2) is 51.5 Å². The second kappa shape index (κ2) is 7.43. The molecule has 1 rings (SSSR count). The van der Waals surface area contributed by atoms with Gasteiger partial charge in [0.25, 0.3) is 0 Å². The van der Waals surface area contributed by atoms with Gasteiger partial charge in [-0.2, -0.15) is 0 Å². The Bertz CT molecular complexity index is 248. The highest BCUT2D eigenvalue weighted by atomic mass is 35.5. The van der Waals surface area contributed by atoms with Crippen molar-refractivity contribution in [2.24, 2.45) is 0 Å². The first-order valence-electron chi connectivity index (χ1n) is 4.67. The normalized spacial score (nSPS) is 23.4. The Labute approximate surface area is 100 Å². The van der Waals surface area contributed by atoms with Crippen LogP contribution >= 0.6 is 12.4 Å². The minimum absolute atomic E-state index is 0. The summed E-state index contributed by atoms with van der Waals surface area (Å²) in [4.78, 5) is 22.2. The number of hydrogen-bond donors (Lipinski definition) is 1. The van der Waals surface area contributed by atoms with Crippen molar-refractivity contribution in [2.75, 3.05) is 27.4 Å². The molecule has 94 valence electrons. The van der Waals surface area contributed by atoms with Crippen LogP contribution in [0.2, 0.25) is 0 Å². The molecule has 1 aliphatic heterocycles. The number of rotatable bonds is 4. The Morgan fingerprint density at radius 2 is 2.06 bits per heavy atom. The third kappa shape index (κ3) is 4.34. The van der Waals surface area contributed by atoms with Crippen LogP contribution in [0.4, 0.5) is 0 Å². The average molecular weight is 254 g/mol. The molecule has 1 fully saturated rings. The van der Waals surface area contributed by atoms with Crippen molar-refractivity contribution in [2.45, 2.75) is 18.6 Å². The zero-order valence-corrected chi connectivity index (χ0v) is 10.0. The summed E-state index contributed by atoms with van der Waals surface area (Å²) in [6, 6.07) is -0.379. The predicted molar refractivity (Wildman–Crippen MR) is 57.4 cm³/mol. The number of carbonyl (C=O) groups is 2. The quantitative estimate of drug-likeness (QED) is 0.681. The van der Waals surface area contributed by atoms with E-state index in [0.717, 1.165) is 0 Å². The maximum Gasteiger partial charge on any atom is 0.332 e. The summed E-state index contributed by atoms with van der Waals surface area (Å²) in [5.41, 5.74) is 0. The van der Waals surface area contributed by atoms with Gasteiger partial charge in [0.1, 0.15) is 18.8 Å². The summed E-state index contributed by atoms with van der Waals surface area (Å²) in [5.74, 6) is -0.755. The van der Waals surface area contributed by atoms with Crippen molar-refractivity contribution in [3.63, 3.8) is 0 Å². The minimum Gasteiger partial charge on any atom is -0.468 e. The third-order valence-electron chi connectivity index (χ3n) is 2.14. The van der Waals surface area contributed by atoms with Crippen molar-refractivity contribution in [1.29, 1.82) is 0 Å². The lowest BCUT2D eigenvalue weighted by atomic mass is 10.2. The fourth-order valence-corrected chi connectivity index (χ4v) is 1.45. The summed E-state index contributed by atoms with van der Waals surface area (Å²) >= 11 is 0. The van der Waals surface area contributed by atoms with Gasteiger partial charge in [-0.15, -0.1) is 12.4 Å². The van der Waals surface area contributed by atoms with Crippen LogP contribution in [0, 0.1) is 0 Å². The molecular formula is C9H16ClNO5. The number of ether oxygens (including phenoxy) is 3. The summed E-state index contributed by atoms with van der Waals surface area (Å²) in [5, 5.41) is 2.91. The molecule has 0 radical (unpaired) electrons. The number of hydrogen-bond acceptors (Lipinski definition) is 6. The Morgan fingerprint density at radius 1 is 1.38 bits per heavy atom. The van der Waals surface area contributed by atoms with E-state index in [1.54, 1.807) is 0 Å². The van der Waals surface area contributed by atoms with Gasteiger partial charge in [0, 0.05) is 20.1 Å². The molecule has 2 atom stereocenters. The zero-order chi connectivity index (χ0) is 11.3. The molecule has 0 aliphatic carbocycles. The van der Waals surface area contributed by atoms with Crippen molar-refractivity contribution in [3.05, 3.63) is 0 Å². The molecule has 0 spiro atoms. The Hall–Kier alpha value is -0.850. The fraction of sp³-hybridized carbons (Fsp3) is 0.778. The second-order valence-corrected chi connectivity index (χ2v) is 3.26. The van der Waals surface area contributed by atoms with Gasteiger partial charge in [-0.05, 0) is 0 Å². The lowest BCUT2D eigenvalue weighted by Crippen LogP contribution is -2.31. The first-order valence-corrected chi connectivity index (χ1v) is 4.67. The number of esters is 2. The van der Waals surface area contributed by atoms with Gasteiger partial charge in [-0.3, -0.25) is 4.79 Å². The van der Waals surface area contributed by atoms with Crippen LogP contribution < -0.4 is 5.32 Å². The number of halogens is 1. The van der Waals surface area contributed by atoms with Crippen LogP contribution in [0.3, 0.4) is 0 Å². The summed E-state index contributed by atoms with van der Waals surface area (Å²) in [6.45, 7) is 0.397. The van der Waals surface area contributed by atoms with E-state index in [-0.39, 0.29) is 37.1 Å². The van der Waals surface area contributed by atoms with Gasteiger partial charge < -0.3 is 19.5 Å². The first kappa shape index (κ1) is 15.2. The van der Waals surface area contributed by atoms with Crippen molar-refractivity contribution < 1.29 is 23.8 Å². The van der Waals surface area contributed by atoms with E-state index >= 15 is 0 Å². The first-order chi connectivity index (χ1) is 7.17. The molecular weight excluding hydrogens is 238 g/mol. The highest BCUT2D eigenvalue weighted by Crippen LogP contribution is 2.11. The van der Waals surface area contributed by atoms with E-state index in [0.29, 0.717) is 13.0 Å². The molecule has 0 bridgehead atoms. The molecule has 6 nitrogen and oxygen atoms in total. The standard InChI is InChI=1S/C9H15NO5.ClH/c1-13-5-8(11)15-6-3-7(10-4-6)9(12)14-2;/h6-7,10H,3-5H2,1-2H3;1H. The van der Waals surface area contributed by atoms with E-state index in [2.05, 4.69) is 14.8 Å². The largest absolute Gasteiger partial charge is 0.468 e. The summed E-state index contributed by atoms with van der Waals surface area (Å²) < 4.78 is 14.2. The molecule has 7 heteroatoms. The van der Waals surface area contributed by atoms with Gasteiger partial charge in [0.2, 0.25) is 0 Å². The van der Waals surface area contributed by atoms with Crippen LogP contribution in [-0.2, 0) is 23.8 Å². The van der Waals surface area contributed by atoms with Crippen LogP contribution in [0.15, 0.2) is 0 Å². The number of carbonyl (C=O) groups excluding carboxylic acids is 2. The molecule has 1 saturated heterocycles. The van der Waals surface area contributed by atoms with Crippen molar-refractivity contribution in [1.82, 2.24) is 5.32 Å². The van der Waals surface area contributed by atoms with Gasteiger partial charge in [0.05, 0.1) is 7.11 Å². The molecule has 0 saturated carbocycles. The fourth-order valence-electron chi connectivity index (χ4n) is 1.45. The monoisotopic (exact) mass is 253 g/mol. The third-order valence-corrected chi connectivity index (χ3v) is 2.14. The van der Waals surface area contributed by atoms with E-state index in [1.165, 1.54) is 14.2 Å². The summed E-state index contributed by atoms with van der Waals surface area (Å²) in [6.07, 6.45) is 0.166. The molecule has 1 heterocycles. The molecule has 16 heavy (non-hydrogen) atoms. The van der Waals surface area contributed by atoms with E-state index in [9.17, 15) is 9.59 Å². The average Bonchev–Trinajstić information content (AvgIpc) is 2.65. The van der Waals surface area contributed by atoms with Crippen LogP contribution in [0.25, 0.3) is 0 Å². The maximum atomic E-state index is 11.1. The highest BCUT2D eigenvalue weighted by Gasteiger charge is 2.32. The van der Waals surface area contributed by atoms with E-state index < -0.39 is 5.97 Å². The van der Waals surface area contributed by atoms with Gasteiger partial charge in [-0.1, -0.05) is 0 Å². The SMILES string of the molecule is COCC(=O)OC1CNC(C(=O)OC)C1.Cl. The Morgan fingerprint density at radius 3 is 2.62 bits per heavy atom. The molecule has 0 aromatic carbocycles. The zero-order valence-electron chi connectivity index (χ0n) is 9.23. The van der Waals surface area contributed by atoms with Crippen molar-refractivity contribution in [3.8, 4) is 0 Å². The van der Waals surface area contributed by atoms with Gasteiger partial charge in [-0.25, -0.2) is 4.79 Å². The molecule has 1 N–H and O–H groups in total. The molecule has 0 aromatic rings. The predicted octanol–water partition coefficient (Wildman–Crippen LogP) is -0.499.